The van der Waals surface area contributed by atoms with Gasteiger partial charge in [0.05, 0.1) is 6.04 Å². The highest BCUT2D eigenvalue weighted by Gasteiger charge is 2.45. The highest BCUT2D eigenvalue weighted by Crippen LogP contribution is 2.30. The number of rotatable bonds is 4. The van der Waals surface area contributed by atoms with Crippen LogP contribution in [0.4, 0.5) is 17.6 Å². The van der Waals surface area contributed by atoms with Crippen LogP contribution >= 0.6 is 0 Å². The van der Waals surface area contributed by atoms with Gasteiger partial charge in [0.15, 0.2) is 0 Å². The summed E-state index contributed by atoms with van der Waals surface area (Å²) < 4.78 is 56.4. The number of halogens is 4. The van der Waals surface area contributed by atoms with Crippen molar-refractivity contribution in [2.75, 3.05) is 0 Å². The van der Waals surface area contributed by atoms with Crippen LogP contribution < -0.4 is 10.5 Å². The lowest BCUT2D eigenvalue weighted by Gasteiger charge is -2.26. The second-order valence-electron chi connectivity index (χ2n) is 3.88. The summed E-state index contributed by atoms with van der Waals surface area (Å²) in [5.41, 5.74) is 4.79. The van der Waals surface area contributed by atoms with Gasteiger partial charge < -0.3 is 10.5 Å². The van der Waals surface area contributed by atoms with Gasteiger partial charge in [-0.3, -0.25) is 0 Å². The van der Waals surface area contributed by atoms with Gasteiger partial charge in [-0.1, -0.05) is 13.0 Å². The van der Waals surface area contributed by atoms with Crippen LogP contribution in [-0.2, 0) is 0 Å². The molecular formula is C12H12F4N2O. The molecule has 104 valence electrons. The number of nitrogens with zero attached hydrogens (tertiary/aromatic N) is 1. The van der Waals surface area contributed by atoms with E-state index in [2.05, 4.69) is 0 Å². The van der Waals surface area contributed by atoms with Crippen molar-refractivity contribution >= 4 is 0 Å². The van der Waals surface area contributed by atoms with E-state index in [4.69, 9.17) is 15.7 Å². The number of hydrogen-bond acceptors (Lipinski definition) is 3. The molecular weight excluding hydrogens is 264 g/mol. The molecule has 0 fully saturated rings. The molecule has 1 rings (SSSR count). The minimum Gasteiger partial charge on any atom is -0.478 e. The first kappa shape index (κ1) is 15.2. The van der Waals surface area contributed by atoms with Crippen LogP contribution in [0.3, 0.4) is 0 Å². The van der Waals surface area contributed by atoms with Crippen molar-refractivity contribution in [3.8, 4) is 11.8 Å². The Morgan fingerprint density at radius 1 is 1.42 bits per heavy atom. The highest BCUT2D eigenvalue weighted by molar-refractivity contribution is 5.44. The third-order valence-electron chi connectivity index (χ3n) is 2.52. The minimum atomic E-state index is -4.70. The van der Waals surface area contributed by atoms with Gasteiger partial charge in [-0.15, -0.1) is 0 Å². The van der Waals surface area contributed by atoms with Crippen LogP contribution in [-0.4, -0.2) is 18.3 Å². The number of alkyl halides is 3. The van der Waals surface area contributed by atoms with Gasteiger partial charge in [-0.25, -0.2) is 4.39 Å². The van der Waals surface area contributed by atoms with Crippen LogP contribution in [0.25, 0.3) is 0 Å². The van der Waals surface area contributed by atoms with Crippen LogP contribution in [0.15, 0.2) is 18.2 Å². The van der Waals surface area contributed by atoms with E-state index in [-0.39, 0.29) is 6.42 Å². The van der Waals surface area contributed by atoms with E-state index in [1.807, 2.05) is 0 Å². The fourth-order valence-electron chi connectivity index (χ4n) is 1.46. The van der Waals surface area contributed by atoms with Crippen molar-refractivity contribution in [1.29, 1.82) is 5.26 Å². The average Bonchev–Trinajstić information content (AvgIpc) is 2.33. The quantitative estimate of drug-likeness (QED) is 0.860. The van der Waals surface area contributed by atoms with E-state index < -0.39 is 35.5 Å². The standard InChI is InChI=1S/C12H12F4N2O/c1-2-9(18)11(12(14,15)16)19-10-5-3-4-8(13)7(10)6-17/h3-5,9,11H,2,18H2,1H3. The highest BCUT2D eigenvalue weighted by atomic mass is 19.4. The molecule has 3 nitrogen and oxygen atoms in total. The summed E-state index contributed by atoms with van der Waals surface area (Å²) in [5.74, 6) is -1.40. The molecule has 2 atom stereocenters. The Balaban J connectivity index is 3.11. The zero-order valence-electron chi connectivity index (χ0n) is 10.0. The molecule has 0 aliphatic heterocycles. The molecule has 0 aromatic heterocycles. The first-order chi connectivity index (χ1) is 8.81. The molecule has 0 aliphatic carbocycles. The van der Waals surface area contributed by atoms with Crippen molar-refractivity contribution < 1.29 is 22.3 Å². The Morgan fingerprint density at radius 3 is 2.53 bits per heavy atom. The van der Waals surface area contributed by atoms with Crippen LogP contribution in [0.1, 0.15) is 18.9 Å². The molecule has 2 unspecified atom stereocenters. The molecule has 1 aromatic rings. The molecule has 0 aliphatic rings. The number of hydrogen-bond donors (Lipinski definition) is 1. The van der Waals surface area contributed by atoms with Gasteiger partial charge in [0, 0.05) is 0 Å². The molecule has 0 saturated carbocycles. The Labute approximate surface area is 107 Å². The van der Waals surface area contributed by atoms with E-state index in [0.29, 0.717) is 0 Å². The van der Waals surface area contributed by atoms with Crippen molar-refractivity contribution in [2.24, 2.45) is 5.73 Å². The Bertz CT molecular complexity index is 482. The van der Waals surface area contributed by atoms with Gasteiger partial charge in [0.1, 0.15) is 23.2 Å². The van der Waals surface area contributed by atoms with Crippen molar-refractivity contribution in [1.82, 2.24) is 0 Å². The molecule has 0 heterocycles. The predicted molar refractivity (Wildman–Crippen MR) is 59.9 cm³/mol. The van der Waals surface area contributed by atoms with Gasteiger partial charge in [0.2, 0.25) is 6.10 Å². The third-order valence-corrected chi connectivity index (χ3v) is 2.52. The fourth-order valence-corrected chi connectivity index (χ4v) is 1.46. The summed E-state index contributed by atoms with van der Waals surface area (Å²) in [4.78, 5) is 0. The van der Waals surface area contributed by atoms with E-state index >= 15 is 0 Å². The zero-order chi connectivity index (χ0) is 14.6. The first-order valence-corrected chi connectivity index (χ1v) is 5.48. The summed E-state index contributed by atoms with van der Waals surface area (Å²) >= 11 is 0. The van der Waals surface area contributed by atoms with Crippen LogP contribution in [0, 0.1) is 17.1 Å². The number of nitriles is 1. The molecule has 0 bridgehead atoms. The lowest BCUT2D eigenvalue weighted by molar-refractivity contribution is -0.200. The lowest BCUT2D eigenvalue weighted by Crippen LogP contribution is -2.48. The maximum absolute atomic E-state index is 13.3. The van der Waals surface area contributed by atoms with E-state index in [1.165, 1.54) is 13.0 Å². The molecule has 1 aromatic carbocycles. The second kappa shape index (κ2) is 5.89. The SMILES string of the molecule is CCC(N)C(Oc1cccc(F)c1C#N)C(F)(F)F. The number of ether oxygens (including phenoxy) is 1. The maximum atomic E-state index is 13.3. The molecule has 0 radical (unpaired) electrons. The molecule has 2 N–H and O–H groups in total. The normalized spacial score (nSPS) is 14.6. The van der Waals surface area contributed by atoms with E-state index in [1.54, 1.807) is 0 Å². The Kier molecular flexibility index (Phi) is 4.72. The third kappa shape index (κ3) is 3.58. The summed E-state index contributed by atoms with van der Waals surface area (Å²) in [6.07, 6.45) is -6.96. The minimum absolute atomic E-state index is 0.0291. The van der Waals surface area contributed by atoms with Crippen molar-refractivity contribution in [3.63, 3.8) is 0 Å². The van der Waals surface area contributed by atoms with Crippen molar-refractivity contribution in [2.45, 2.75) is 31.7 Å². The van der Waals surface area contributed by atoms with Crippen molar-refractivity contribution in [3.05, 3.63) is 29.6 Å². The molecule has 7 heteroatoms. The van der Waals surface area contributed by atoms with Gasteiger partial charge >= 0.3 is 6.18 Å². The largest absolute Gasteiger partial charge is 0.478 e. The monoisotopic (exact) mass is 276 g/mol. The topological polar surface area (TPSA) is 59.0 Å². The summed E-state index contributed by atoms with van der Waals surface area (Å²) in [6, 6.07) is 3.40. The van der Waals surface area contributed by atoms with E-state index in [9.17, 15) is 17.6 Å². The average molecular weight is 276 g/mol. The Hall–Kier alpha value is -1.81. The van der Waals surface area contributed by atoms with Gasteiger partial charge in [0.25, 0.3) is 0 Å². The fraction of sp³-hybridized carbons (Fsp3) is 0.417. The maximum Gasteiger partial charge on any atom is 0.426 e. The van der Waals surface area contributed by atoms with Gasteiger partial charge in [-0.05, 0) is 18.6 Å². The number of benzene rings is 1. The van der Waals surface area contributed by atoms with Gasteiger partial charge in [-0.2, -0.15) is 18.4 Å². The Morgan fingerprint density at radius 2 is 2.05 bits per heavy atom. The summed E-state index contributed by atoms with van der Waals surface area (Å²) in [5, 5.41) is 8.73. The predicted octanol–water partition coefficient (Wildman–Crippen LogP) is 2.74. The smallest absolute Gasteiger partial charge is 0.426 e. The summed E-state index contributed by atoms with van der Waals surface area (Å²) in [7, 11) is 0. The van der Waals surface area contributed by atoms with Crippen LogP contribution in [0.5, 0.6) is 5.75 Å². The lowest BCUT2D eigenvalue weighted by atomic mass is 10.1. The first-order valence-electron chi connectivity index (χ1n) is 5.48. The van der Waals surface area contributed by atoms with E-state index in [0.717, 1.165) is 18.2 Å². The molecule has 19 heavy (non-hydrogen) atoms. The molecule has 0 amide bonds. The molecule has 0 saturated heterocycles. The second-order valence-corrected chi connectivity index (χ2v) is 3.88. The zero-order valence-corrected chi connectivity index (χ0v) is 10.0. The number of nitrogens with two attached hydrogens (primary N) is 1. The summed E-state index contributed by atoms with van der Waals surface area (Å²) in [6.45, 7) is 1.48. The van der Waals surface area contributed by atoms with Crippen LogP contribution in [0.2, 0.25) is 0 Å². The molecule has 0 spiro atoms.